The lowest BCUT2D eigenvalue weighted by molar-refractivity contribution is -0.137. The van der Waals surface area contributed by atoms with Crippen LogP contribution in [0, 0.1) is 5.92 Å². The van der Waals surface area contributed by atoms with Gasteiger partial charge in [0.25, 0.3) is 5.91 Å². The van der Waals surface area contributed by atoms with Crippen LogP contribution >= 0.6 is 0 Å². The summed E-state index contributed by atoms with van der Waals surface area (Å²) < 4.78 is 0. The molecule has 0 radical (unpaired) electrons. The molecule has 0 atom stereocenters. The molecule has 0 saturated carbocycles. The molecule has 1 saturated heterocycles. The van der Waals surface area contributed by atoms with Gasteiger partial charge in [-0.25, -0.2) is 0 Å². The maximum atomic E-state index is 11.5. The molecule has 0 aromatic carbocycles. The first-order valence-corrected chi connectivity index (χ1v) is 6.47. The van der Waals surface area contributed by atoms with Crippen LogP contribution in [0.15, 0.2) is 0 Å². The van der Waals surface area contributed by atoms with Crippen LogP contribution in [0.2, 0.25) is 0 Å². The summed E-state index contributed by atoms with van der Waals surface area (Å²) in [6, 6.07) is 0. The Balaban J connectivity index is 2.17. The van der Waals surface area contributed by atoms with Gasteiger partial charge in [0, 0.05) is 13.3 Å². The molecule has 1 aliphatic heterocycles. The largest absolute Gasteiger partial charge is 0.481 e. The van der Waals surface area contributed by atoms with Crippen molar-refractivity contribution in [2.24, 2.45) is 5.92 Å². The number of hydrogen-bond acceptors (Lipinski definition) is 4. The minimum atomic E-state index is -0.753. The number of piperidine rings is 1. The molecule has 3 N–H and O–H groups in total. The van der Waals surface area contributed by atoms with Gasteiger partial charge in [0.1, 0.15) is 0 Å². The summed E-state index contributed by atoms with van der Waals surface area (Å²) in [5.41, 5.74) is 4.57. The summed E-state index contributed by atoms with van der Waals surface area (Å²) in [6.45, 7) is 3.16. The van der Waals surface area contributed by atoms with Gasteiger partial charge in [0.15, 0.2) is 0 Å². The third-order valence-electron chi connectivity index (χ3n) is 3.22. The fraction of sp³-hybridized carbons (Fsp3) is 0.750. The summed E-state index contributed by atoms with van der Waals surface area (Å²) in [5.74, 6) is -0.859. The summed E-state index contributed by atoms with van der Waals surface area (Å²) in [5, 5.41) is 8.62. The highest BCUT2D eigenvalue weighted by Crippen LogP contribution is 2.21. The zero-order valence-corrected chi connectivity index (χ0v) is 11.1. The van der Waals surface area contributed by atoms with E-state index in [0.717, 1.165) is 25.9 Å². The number of carboxylic acids is 1. The Labute approximate surface area is 112 Å². The first kappa shape index (κ1) is 15.4. The number of hydrazine groups is 1. The Morgan fingerprint density at radius 2 is 1.84 bits per heavy atom. The van der Waals surface area contributed by atoms with Crippen molar-refractivity contribution in [1.29, 1.82) is 0 Å². The standard InChI is InChI=1S/C12H21N3O4/c1-9(16)13-14-11(17)8-15-6-4-10(5-7-15)2-3-12(18)19/h10H,2-8H2,1H3,(H,13,16)(H,14,17)(H,18,19). The van der Waals surface area contributed by atoms with E-state index < -0.39 is 5.97 Å². The summed E-state index contributed by atoms with van der Waals surface area (Å²) in [6.07, 6.45) is 2.76. The smallest absolute Gasteiger partial charge is 0.303 e. The Morgan fingerprint density at radius 3 is 2.37 bits per heavy atom. The van der Waals surface area contributed by atoms with Gasteiger partial charge >= 0.3 is 5.97 Å². The molecular formula is C12H21N3O4. The molecule has 0 unspecified atom stereocenters. The first-order chi connectivity index (χ1) is 8.97. The van der Waals surface area contributed by atoms with E-state index >= 15 is 0 Å². The topological polar surface area (TPSA) is 98.7 Å². The minimum Gasteiger partial charge on any atom is -0.481 e. The molecule has 1 aliphatic rings. The van der Waals surface area contributed by atoms with E-state index in [1.165, 1.54) is 6.92 Å². The van der Waals surface area contributed by atoms with E-state index in [0.29, 0.717) is 12.3 Å². The predicted molar refractivity (Wildman–Crippen MR) is 68.0 cm³/mol. The average Bonchev–Trinajstić information content (AvgIpc) is 2.35. The van der Waals surface area contributed by atoms with E-state index in [4.69, 9.17) is 5.11 Å². The van der Waals surface area contributed by atoms with E-state index in [1.54, 1.807) is 0 Å². The van der Waals surface area contributed by atoms with Crippen LogP contribution in [-0.4, -0.2) is 47.4 Å². The van der Waals surface area contributed by atoms with Crippen LogP contribution in [0.25, 0.3) is 0 Å². The van der Waals surface area contributed by atoms with E-state index in [-0.39, 0.29) is 24.8 Å². The minimum absolute atomic E-state index is 0.216. The number of carbonyl (C=O) groups is 3. The van der Waals surface area contributed by atoms with Gasteiger partial charge in [0.05, 0.1) is 6.54 Å². The van der Waals surface area contributed by atoms with Gasteiger partial charge in [0.2, 0.25) is 5.91 Å². The van der Waals surface area contributed by atoms with Crippen molar-refractivity contribution >= 4 is 17.8 Å². The Kier molecular flexibility index (Phi) is 6.27. The summed E-state index contributed by atoms with van der Waals surface area (Å²) >= 11 is 0. The zero-order valence-electron chi connectivity index (χ0n) is 11.1. The molecule has 7 nitrogen and oxygen atoms in total. The lowest BCUT2D eigenvalue weighted by Crippen LogP contribution is -2.47. The number of carbonyl (C=O) groups excluding carboxylic acids is 2. The van der Waals surface area contributed by atoms with Crippen LogP contribution in [0.5, 0.6) is 0 Å². The number of hydrogen-bond donors (Lipinski definition) is 3. The Hall–Kier alpha value is -1.63. The third kappa shape index (κ3) is 6.76. The number of aliphatic carboxylic acids is 1. The Morgan fingerprint density at radius 1 is 1.21 bits per heavy atom. The molecular weight excluding hydrogens is 250 g/mol. The fourth-order valence-electron chi connectivity index (χ4n) is 2.16. The fourth-order valence-corrected chi connectivity index (χ4v) is 2.16. The molecule has 2 amide bonds. The highest BCUT2D eigenvalue weighted by molar-refractivity contribution is 5.81. The van der Waals surface area contributed by atoms with Crippen LogP contribution < -0.4 is 10.9 Å². The van der Waals surface area contributed by atoms with Crippen molar-refractivity contribution in [3.63, 3.8) is 0 Å². The van der Waals surface area contributed by atoms with Crippen molar-refractivity contribution < 1.29 is 19.5 Å². The SMILES string of the molecule is CC(=O)NNC(=O)CN1CCC(CCC(=O)O)CC1. The second-order valence-electron chi connectivity index (χ2n) is 4.88. The van der Waals surface area contributed by atoms with Crippen molar-refractivity contribution in [3.8, 4) is 0 Å². The van der Waals surface area contributed by atoms with Crippen LogP contribution in [-0.2, 0) is 14.4 Å². The van der Waals surface area contributed by atoms with Gasteiger partial charge in [-0.1, -0.05) is 0 Å². The second kappa shape index (κ2) is 7.73. The number of carboxylic acid groups (broad SMARTS) is 1. The van der Waals surface area contributed by atoms with Gasteiger partial charge in [-0.15, -0.1) is 0 Å². The number of nitrogens with one attached hydrogen (secondary N) is 2. The molecule has 7 heteroatoms. The first-order valence-electron chi connectivity index (χ1n) is 6.47. The summed E-state index contributed by atoms with van der Waals surface area (Å²) in [7, 11) is 0. The molecule has 1 fully saturated rings. The lowest BCUT2D eigenvalue weighted by Gasteiger charge is -2.31. The molecule has 0 aliphatic carbocycles. The number of amides is 2. The molecule has 1 heterocycles. The molecule has 0 spiro atoms. The van der Waals surface area contributed by atoms with Crippen LogP contribution in [0.3, 0.4) is 0 Å². The van der Waals surface area contributed by atoms with Crippen LogP contribution in [0.1, 0.15) is 32.6 Å². The average molecular weight is 271 g/mol. The van der Waals surface area contributed by atoms with Crippen molar-refractivity contribution in [2.45, 2.75) is 32.6 Å². The monoisotopic (exact) mass is 271 g/mol. The normalized spacial score (nSPS) is 16.9. The number of nitrogens with zero attached hydrogens (tertiary/aromatic N) is 1. The maximum Gasteiger partial charge on any atom is 0.303 e. The number of rotatable bonds is 5. The van der Waals surface area contributed by atoms with E-state index in [2.05, 4.69) is 10.9 Å². The van der Waals surface area contributed by atoms with Crippen LogP contribution in [0.4, 0.5) is 0 Å². The molecule has 0 aromatic heterocycles. The molecule has 108 valence electrons. The third-order valence-corrected chi connectivity index (χ3v) is 3.22. The zero-order chi connectivity index (χ0) is 14.3. The van der Waals surface area contributed by atoms with Gasteiger partial charge in [-0.2, -0.15) is 0 Å². The molecule has 19 heavy (non-hydrogen) atoms. The highest BCUT2D eigenvalue weighted by atomic mass is 16.4. The Bertz CT molecular complexity index is 338. The van der Waals surface area contributed by atoms with Gasteiger partial charge < -0.3 is 5.11 Å². The molecule has 0 aromatic rings. The van der Waals surface area contributed by atoms with Crippen molar-refractivity contribution in [1.82, 2.24) is 15.8 Å². The maximum absolute atomic E-state index is 11.5. The van der Waals surface area contributed by atoms with E-state index in [9.17, 15) is 14.4 Å². The quantitative estimate of drug-likeness (QED) is 0.598. The lowest BCUT2D eigenvalue weighted by atomic mass is 9.92. The van der Waals surface area contributed by atoms with Gasteiger partial charge in [-0.05, 0) is 38.3 Å². The highest BCUT2D eigenvalue weighted by Gasteiger charge is 2.21. The van der Waals surface area contributed by atoms with Crippen molar-refractivity contribution in [3.05, 3.63) is 0 Å². The van der Waals surface area contributed by atoms with Gasteiger partial charge in [-0.3, -0.25) is 30.1 Å². The molecule has 0 bridgehead atoms. The number of likely N-dealkylation sites (tertiary alicyclic amines) is 1. The summed E-state index contributed by atoms with van der Waals surface area (Å²) in [4.78, 5) is 34.6. The predicted octanol–water partition coefficient (Wildman–Crippen LogP) is -0.269. The second-order valence-corrected chi connectivity index (χ2v) is 4.88. The molecule has 1 rings (SSSR count). The van der Waals surface area contributed by atoms with E-state index in [1.807, 2.05) is 4.90 Å². The van der Waals surface area contributed by atoms with Crippen molar-refractivity contribution in [2.75, 3.05) is 19.6 Å².